The summed E-state index contributed by atoms with van der Waals surface area (Å²) in [5, 5.41) is 13.1. The number of aromatic nitrogens is 2. The molecule has 0 saturated carbocycles. The molecule has 1 aromatic heterocycles. The Morgan fingerprint density at radius 1 is 1.67 bits per heavy atom. The lowest BCUT2D eigenvalue weighted by molar-refractivity contribution is 0.0696. The van der Waals surface area contributed by atoms with Crippen LogP contribution in [0, 0.1) is 0 Å². The SMILES string of the molecule is CCSCc1c(C(=O)O)cnn1C(C)C. The zero-order valence-electron chi connectivity index (χ0n) is 9.23. The van der Waals surface area contributed by atoms with Crippen molar-refractivity contribution >= 4 is 17.7 Å². The van der Waals surface area contributed by atoms with Crippen molar-refractivity contribution in [1.82, 2.24) is 9.78 Å². The van der Waals surface area contributed by atoms with E-state index in [1.165, 1.54) is 6.20 Å². The number of carbonyl (C=O) groups is 1. The molecule has 0 aliphatic carbocycles. The highest BCUT2D eigenvalue weighted by atomic mass is 32.2. The maximum atomic E-state index is 11.0. The summed E-state index contributed by atoms with van der Waals surface area (Å²) in [6.45, 7) is 6.05. The van der Waals surface area contributed by atoms with Crippen LogP contribution in [0.5, 0.6) is 0 Å². The van der Waals surface area contributed by atoms with Gasteiger partial charge >= 0.3 is 5.97 Å². The van der Waals surface area contributed by atoms with E-state index in [4.69, 9.17) is 5.11 Å². The molecule has 1 heterocycles. The summed E-state index contributed by atoms with van der Waals surface area (Å²) < 4.78 is 1.78. The van der Waals surface area contributed by atoms with Gasteiger partial charge in [-0.1, -0.05) is 6.92 Å². The number of hydrogen-bond acceptors (Lipinski definition) is 3. The third-order valence-electron chi connectivity index (χ3n) is 2.06. The summed E-state index contributed by atoms with van der Waals surface area (Å²) >= 11 is 1.70. The Bertz CT molecular complexity index is 347. The van der Waals surface area contributed by atoms with Crippen LogP contribution < -0.4 is 0 Å². The molecule has 0 aliphatic rings. The molecular formula is C10H16N2O2S. The molecule has 15 heavy (non-hydrogen) atoms. The summed E-state index contributed by atoms with van der Waals surface area (Å²) in [5.74, 6) is 0.784. The first kappa shape index (κ1) is 12.1. The molecule has 1 aromatic rings. The third kappa shape index (κ3) is 2.75. The van der Waals surface area contributed by atoms with E-state index in [0.717, 1.165) is 11.4 Å². The minimum atomic E-state index is -0.895. The van der Waals surface area contributed by atoms with E-state index >= 15 is 0 Å². The minimum absolute atomic E-state index is 0.200. The second-order valence-electron chi connectivity index (χ2n) is 3.49. The highest BCUT2D eigenvalue weighted by Gasteiger charge is 2.17. The Morgan fingerprint density at radius 2 is 2.33 bits per heavy atom. The molecule has 4 nitrogen and oxygen atoms in total. The molecule has 0 bridgehead atoms. The van der Waals surface area contributed by atoms with Crippen molar-refractivity contribution in [1.29, 1.82) is 0 Å². The number of carboxylic acids is 1. The van der Waals surface area contributed by atoms with Gasteiger partial charge in [0.15, 0.2) is 0 Å². The molecule has 0 unspecified atom stereocenters. The Balaban J connectivity index is 3.03. The molecule has 0 aromatic carbocycles. The van der Waals surface area contributed by atoms with Gasteiger partial charge in [-0.15, -0.1) is 0 Å². The summed E-state index contributed by atoms with van der Waals surface area (Å²) in [7, 11) is 0. The monoisotopic (exact) mass is 228 g/mol. The van der Waals surface area contributed by atoms with E-state index in [9.17, 15) is 4.79 Å². The van der Waals surface area contributed by atoms with Crippen molar-refractivity contribution in [3.05, 3.63) is 17.5 Å². The van der Waals surface area contributed by atoms with Crippen LogP contribution in [0.2, 0.25) is 0 Å². The molecule has 1 rings (SSSR count). The largest absolute Gasteiger partial charge is 0.478 e. The lowest BCUT2D eigenvalue weighted by Gasteiger charge is -2.11. The summed E-state index contributed by atoms with van der Waals surface area (Å²) in [4.78, 5) is 11.0. The van der Waals surface area contributed by atoms with Gasteiger partial charge in [0, 0.05) is 11.8 Å². The molecule has 0 atom stereocenters. The van der Waals surface area contributed by atoms with Crippen molar-refractivity contribution in [3.63, 3.8) is 0 Å². The molecule has 84 valence electrons. The number of carboxylic acid groups (broad SMARTS) is 1. The fourth-order valence-corrected chi connectivity index (χ4v) is 2.04. The first-order chi connectivity index (χ1) is 7.07. The van der Waals surface area contributed by atoms with E-state index in [0.29, 0.717) is 11.3 Å². The van der Waals surface area contributed by atoms with Gasteiger partial charge in [-0.2, -0.15) is 16.9 Å². The lowest BCUT2D eigenvalue weighted by Crippen LogP contribution is -2.09. The van der Waals surface area contributed by atoms with Gasteiger partial charge in [0.05, 0.1) is 11.9 Å². The Kier molecular flexibility index (Phi) is 4.20. The highest BCUT2D eigenvalue weighted by molar-refractivity contribution is 7.98. The second kappa shape index (κ2) is 5.21. The summed E-state index contributed by atoms with van der Waals surface area (Å²) in [6, 6.07) is 0.200. The van der Waals surface area contributed by atoms with E-state index in [-0.39, 0.29) is 6.04 Å². The maximum absolute atomic E-state index is 11.0. The van der Waals surface area contributed by atoms with Gasteiger partial charge in [0.2, 0.25) is 0 Å². The van der Waals surface area contributed by atoms with Crippen molar-refractivity contribution in [2.75, 3.05) is 5.75 Å². The topological polar surface area (TPSA) is 55.1 Å². The Morgan fingerprint density at radius 3 is 2.80 bits per heavy atom. The molecule has 5 heteroatoms. The van der Waals surface area contributed by atoms with E-state index in [1.54, 1.807) is 16.4 Å². The molecule has 0 radical (unpaired) electrons. The van der Waals surface area contributed by atoms with Crippen molar-refractivity contribution < 1.29 is 9.90 Å². The predicted octanol–water partition coefficient (Wildman–Crippen LogP) is 2.42. The van der Waals surface area contributed by atoms with Gasteiger partial charge in [0.1, 0.15) is 5.56 Å². The molecule has 0 amide bonds. The first-order valence-electron chi connectivity index (χ1n) is 4.95. The molecule has 0 saturated heterocycles. The van der Waals surface area contributed by atoms with Crippen LogP contribution in [0.25, 0.3) is 0 Å². The predicted molar refractivity (Wildman–Crippen MR) is 61.4 cm³/mol. The van der Waals surface area contributed by atoms with Gasteiger partial charge in [0.25, 0.3) is 0 Å². The third-order valence-corrected chi connectivity index (χ3v) is 2.95. The van der Waals surface area contributed by atoms with Crippen LogP contribution in [-0.2, 0) is 5.75 Å². The van der Waals surface area contributed by atoms with Crippen molar-refractivity contribution in [3.8, 4) is 0 Å². The molecule has 0 aliphatic heterocycles. The number of thioether (sulfide) groups is 1. The normalized spacial score (nSPS) is 10.9. The average molecular weight is 228 g/mol. The minimum Gasteiger partial charge on any atom is -0.478 e. The maximum Gasteiger partial charge on any atom is 0.339 e. The number of aromatic carboxylic acids is 1. The van der Waals surface area contributed by atoms with E-state index < -0.39 is 5.97 Å². The van der Waals surface area contributed by atoms with E-state index in [1.807, 2.05) is 13.8 Å². The van der Waals surface area contributed by atoms with Crippen LogP contribution >= 0.6 is 11.8 Å². The zero-order valence-corrected chi connectivity index (χ0v) is 10.0. The van der Waals surface area contributed by atoms with E-state index in [2.05, 4.69) is 12.0 Å². The van der Waals surface area contributed by atoms with Gasteiger partial charge in [-0.25, -0.2) is 4.79 Å². The summed E-state index contributed by atoms with van der Waals surface area (Å²) in [5.41, 5.74) is 1.13. The van der Waals surface area contributed by atoms with Gasteiger partial charge in [-0.3, -0.25) is 4.68 Å². The second-order valence-corrected chi connectivity index (χ2v) is 4.76. The van der Waals surface area contributed by atoms with Crippen LogP contribution in [0.15, 0.2) is 6.20 Å². The fourth-order valence-electron chi connectivity index (χ4n) is 1.35. The smallest absolute Gasteiger partial charge is 0.339 e. The Hall–Kier alpha value is -0.970. The highest BCUT2D eigenvalue weighted by Crippen LogP contribution is 2.19. The summed E-state index contributed by atoms with van der Waals surface area (Å²) in [6.07, 6.45) is 1.44. The molecular weight excluding hydrogens is 212 g/mol. The fraction of sp³-hybridized carbons (Fsp3) is 0.600. The molecule has 1 N–H and O–H groups in total. The molecule has 0 fully saturated rings. The van der Waals surface area contributed by atoms with Crippen molar-refractivity contribution in [2.45, 2.75) is 32.6 Å². The Labute approximate surface area is 93.7 Å². The van der Waals surface area contributed by atoms with Crippen LogP contribution in [0.1, 0.15) is 42.9 Å². The molecule has 0 spiro atoms. The standard InChI is InChI=1S/C10H16N2O2S/c1-4-15-6-9-8(10(13)14)5-11-12(9)7(2)3/h5,7H,4,6H2,1-3H3,(H,13,14). The van der Waals surface area contributed by atoms with Crippen LogP contribution in [-0.4, -0.2) is 26.6 Å². The quantitative estimate of drug-likeness (QED) is 0.840. The average Bonchev–Trinajstić information content (AvgIpc) is 2.57. The zero-order chi connectivity index (χ0) is 11.4. The lowest BCUT2D eigenvalue weighted by atomic mass is 10.2. The van der Waals surface area contributed by atoms with Crippen molar-refractivity contribution in [2.24, 2.45) is 0 Å². The van der Waals surface area contributed by atoms with Gasteiger partial charge < -0.3 is 5.11 Å². The van der Waals surface area contributed by atoms with Crippen LogP contribution in [0.4, 0.5) is 0 Å². The number of nitrogens with zero attached hydrogens (tertiary/aromatic N) is 2. The van der Waals surface area contributed by atoms with Crippen LogP contribution in [0.3, 0.4) is 0 Å². The van der Waals surface area contributed by atoms with Gasteiger partial charge in [-0.05, 0) is 19.6 Å². The first-order valence-corrected chi connectivity index (χ1v) is 6.10. The number of rotatable bonds is 5. The number of hydrogen-bond donors (Lipinski definition) is 1.